The molecule has 0 bridgehead atoms. The van der Waals surface area contributed by atoms with Crippen molar-refractivity contribution < 1.29 is 14.5 Å². The van der Waals surface area contributed by atoms with Gasteiger partial charge in [-0.3, -0.25) is 30.6 Å². The highest BCUT2D eigenvalue weighted by molar-refractivity contribution is 5.96. The summed E-state index contributed by atoms with van der Waals surface area (Å²) < 4.78 is 0. The van der Waals surface area contributed by atoms with Gasteiger partial charge in [-0.15, -0.1) is 0 Å². The normalized spacial score (nSPS) is 17.3. The van der Waals surface area contributed by atoms with Crippen LogP contribution >= 0.6 is 0 Å². The van der Waals surface area contributed by atoms with Gasteiger partial charge < -0.3 is 4.90 Å². The predicted octanol–water partition coefficient (Wildman–Crippen LogP) is 2.25. The van der Waals surface area contributed by atoms with Crippen molar-refractivity contribution in [3.63, 3.8) is 0 Å². The summed E-state index contributed by atoms with van der Waals surface area (Å²) in [4.78, 5) is 36.6. The summed E-state index contributed by atoms with van der Waals surface area (Å²) in [5, 5.41) is 11.5. The third-order valence-electron chi connectivity index (χ3n) is 4.26. The van der Waals surface area contributed by atoms with Crippen LogP contribution in [0.3, 0.4) is 0 Å². The predicted molar refractivity (Wildman–Crippen MR) is 94.2 cm³/mol. The lowest BCUT2D eigenvalue weighted by molar-refractivity contribution is -0.384. The number of anilines is 1. The van der Waals surface area contributed by atoms with Crippen LogP contribution in [0.2, 0.25) is 0 Å². The van der Waals surface area contributed by atoms with Crippen LogP contribution < -0.4 is 15.8 Å². The molecule has 1 saturated heterocycles. The summed E-state index contributed by atoms with van der Waals surface area (Å²) in [6.45, 7) is 7.04. The van der Waals surface area contributed by atoms with Gasteiger partial charge in [-0.25, -0.2) is 0 Å². The van der Waals surface area contributed by atoms with Gasteiger partial charge in [-0.2, -0.15) is 0 Å². The van der Waals surface area contributed by atoms with Crippen LogP contribution in [0, 0.1) is 22.0 Å². The zero-order valence-corrected chi connectivity index (χ0v) is 14.7. The number of carbonyl (C=O) groups excluding carboxylic acids is 2. The number of piperidine rings is 1. The molecule has 0 radical (unpaired) electrons. The largest absolute Gasteiger partial charge is 0.366 e. The summed E-state index contributed by atoms with van der Waals surface area (Å²) in [6, 6.07) is 4.40. The Kier molecular flexibility index (Phi) is 5.95. The van der Waals surface area contributed by atoms with E-state index in [4.69, 9.17) is 0 Å². The monoisotopic (exact) mass is 348 g/mol. The molecule has 2 amide bonds. The SMILES string of the molecule is CC1CCCN(c2ccc(C(=O)NNC(=O)C(C)C)cc2[N+](=O)[O-])C1. The van der Waals surface area contributed by atoms with E-state index in [1.807, 2.05) is 4.90 Å². The van der Waals surface area contributed by atoms with Gasteiger partial charge in [0.2, 0.25) is 5.91 Å². The van der Waals surface area contributed by atoms with Crippen LogP contribution in [0.5, 0.6) is 0 Å². The fourth-order valence-corrected chi connectivity index (χ4v) is 2.82. The van der Waals surface area contributed by atoms with Gasteiger partial charge in [-0.05, 0) is 30.9 Å². The molecule has 0 saturated carbocycles. The molecule has 1 unspecified atom stereocenters. The van der Waals surface area contributed by atoms with Gasteiger partial charge in [-0.1, -0.05) is 20.8 Å². The first-order valence-corrected chi connectivity index (χ1v) is 8.43. The lowest BCUT2D eigenvalue weighted by Crippen LogP contribution is -2.43. The van der Waals surface area contributed by atoms with Crippen molar-refractivity contribution in [1.29, 1.82) is 0 Å². The number of nitrogens with one attached hydrogen (secondary N) is 2. The molecule has 8 heteroatoms. The number of hydrogen-bond donors (Lipinski definition) is 2. The van der Waals surface area contributed by atoms with Gasteiger partial charge >= 0.3 is 0 Å². The van der Waals surface area contributed by atoms with Crippen LogP contribution in [-0.4, -0.2) is 29.8 Å². The zero-order valence-electron chi connectivity index (χ0n) is 14.7. The molecule has 25 heavy (non-hydrogen) atoms. The number of nitro groups is 1. The van der Waals surface area contributed by atoms with Crippen LogP contribution in [-0.2, 0) is 4.79 Å². The summed E-state index contributed by atoms with van der Waals surface area (Å²) >= 11 is 0. The fourth-order valence-electron chi connectivity index (χ4n) is 2.82. The van der Waals surface area contributed by atoms with Crippen molar-refractivity contribution in [1.82, 2.24) is 10.9 Å². The summed E-state index contributed by atoms with van der Waals surface area (Å²) in [5.41, 5.74) is 5.13. The lowest BCUT2D eigenvalue weighted by Gasteiger charge is -2.32. The van der Waals surface area contributed by atoms with Crippen LogP contribution in [0.4, 0.5) is 11.4 Å². The minimum atomic E-state index is -0.587. The minimum absolute atomic E-state index is 0.100. The van der Waals surface area contributed by atoms with Crippen LogP contribution in [0.15, 0.2) is 18.2 Å². The van der Waals surface area contributed by atoms with Crippen molar-refractivity contribution in [3.8, 4) is 0 Å². The maximum atomic E-state index is 12.1. The number of nitro benzene ring substituents is 1. The third-order valence-corrected chi connectivity index (χ3v) is 4.26. The maximum Gasteiger partial charge on any atom is 0.293 e. The number of carbonyl (C=O) groups is 2. The Labute approximate surface area is 146 Å². The van der Waals surface area contributed by atoms with Crippen molar-refractivity contribution in [3.05, 3.63) is 33.9 Å². The number of rotatable bonds is 4. The summed E-state index contributed by atoms with van der Waals surface area (Å²) in [5.74, 6) is -0.724. The van der Waals surface area contributed by atoms with Gasteiger partial charge in [0.15, 0.2) is 0 Å². The molecular formula is C17H24N4O4. The Morgan fingerprint density at radius 3 is 2.64 bits per heavy atom. The molecule has 1 aromatic rings. The van der Waals surface area contributed by atoms with Crippen molar-refractivity contribution in [2.45, 2.75) is 33.6 Å². The smallest absolute Gasteiger partial charge is 0.293 e. The second-order valence-electron chi connectivity index (χ2n) is 6.75. The number of hydrogen-bond acceptors (Lipinski definition) is 5. The second kappa shape index (κ2) is 7.96. The molecule has 1 aromatic carbocycles. The van der Waals surface area contributed by atoms with Crippen molar-refractivity contribution >= 4 is 23.2 Å². The van der Waals surface area contributed by atoms with Crippen LogP contribution in [0.1, 0.15) is 44.0 Å². The number of nitrogens with zero attached hydrogens (tertiary/aromatic N) is 2. The molecule has 136 valence electrons. The summed E-state index contributed by atoms with van der Waals surface area (Å²) in [7, 11) is 0. The topological polar surface area (TPSA) is 105 Å². The molecule has 1 aliphatic heterocycles. The average molecular weight is 348 g/mol. The molecule has 0 aliphatic carbocycles. The van der Waals surface area contributed by atoms with E-state index in [9.17, 15) is 19.7 Å². The first-order valence-electron chi connectivity index (χ1n) is 8.43. The second-order valence-corrected chi connectivity index (χ2v) is 6.75. The van der Waals surface area contributed by atoms with Gasteiger partial charge in [0.25, 0.3) is 11.6 Å². The lowest BCUT2D eigenvalue weighted by atomic mass is 9.99. The minimum Gasteiger partial charge on any atom is -0.366 e. The number of benzene rings is 1. The quantitative estimate of drug-likeness (QED) is 0.641. The van der Waals surface area contributed by atoms with Crippen LogP contribution in [0.25, 0.3) is 0 Å². The molecule has 2 N–H and O–H groups in total. The number of hydrazine groups is 1. The Balaban J connectivity index is 2.19. The standard InChI is InChI=1S/C17H24N4O4/c1-11(2)16(22)18-19-17(23)13-6-7-14(15(9-13)21(24)25)20-8-4-5-12(3)10-20/h6-7,9,11-12H,4-5,8,10H2,1-3H3,(H,18,22)(H,19,23). The first kappa shape index (κ1) is 18.7. The number of amides is 2. The molecule has 8 nitrogen and oxygen atoms in total. The molecule has 1 heterocycles. The van der Waals surface area contributed by atoms with Crippen molar-refractivity contribution in [2.75, 3.05) is 18.0 Å². The van der Waals surface area contributed by atoms with Gasteiger partial charge in [0.1, 0.15) is 5.69 Å². The Hall–Kier alpha value is -2.64. The highest BCUT2D eigenvalue weighted by Crippen LogP contribution is 2.32. The molecule has 2 rings (SSSR count). The van der Waals surface area contributed by atoms with E-state index >= 15 is 0 Å². The molecule has 0 spiro atoms. The maximum absolute atomic E-state index is 12.1. The molecular weight excluding hydrogens is 324 g/mol. The van der Waals surface area contributed by atoms with E-state index in [1.54, 1.807) is 26.0 Å². The molecule has 1 fully saturated rings. The fraction of sp³-hybridized carbons (Fsp3) is 0.529. The molecule has 0 aromatic heterocycles. The summed E-state index contributed by atoms with van der Waals surface area (Å²) in [6.07, 6.45) is 2.10. The molecule has 1 atom stereocenters. The van der Waals surface area contributed by atoms with Crippen molar-refractivity contribution in [2.24, 2.45) is 11.8 Å². The Morgan fingerprint density at radius 2 is 2.04 bits per heavy atom. The highest BCUT2D eigenvalue weighted by atomic mass is 16.6. The van der Waals surface area contributed by atoms with Gasteiger partial charge in [0.05, 0.1) is 4.92 Å². The Bertz CT molecular complexity index is 675. The highest BCUT2D eigenvalue weighted by Gasteiger charge is 2.25. The van der Waals surface area contributed by atoms with E-state index in [-0.39, 0.29) is 23.1 Å². The molecule has 1 aliphatic rings. The Morgan fingerprint density at radius 1 is 1.32 bits per heavy atom. The van der Waals surface area contributed by atoms with E-state index in [0.717, 1.165) is 25.9 Å². The van der Waals surface area contributed by atoms with E-state index in [1.165, 1.54) is 6.07 Å². The zero-order chi connectivity index (χ0) is 18.6. The van der Waals surface area contributed by atoms with Gasteiger partial charge in [0, 0.05) is 30.6 Å². The third kappa shape index (κ3) is 4.68. The van der Waals surface area contributed by atoms with E-state index < -0.39 is 10.8 Å². The first-order chi connectivity index (χ1) is 11.8. The average Bonchev–Trinajstić information content (AvgIpc) is 2.58. The van der Waals surface area contributed by atoms with E-state index in [0.29, 0.717) is 11.6 Å². The van der Waals surface area contributed by atoms with E-state index in [2.05, 4.69) is 17.8 Å².